The minimum Gasteiger partial charge on any atom is -0.493 e. The molecule has 5 heteroatoms. The summed E-state index contributed by atoms with van der Waals surface area (Å²) in [5.41, 5.74) is -0.647. The number of aliphatic hydroxyl groups is 1. The highest BCUT2D eigenvalue weighted by Crippen LogP contribution is 2.22. The highest BCUT2D eigenvalue weighted by atomic mass is 35.5. The number of nitrogens with zero attached hydrogens (tertiary/aromatic N) is 1. The van der Waals surface area contributed by atoms with Crippen molar-refractivity contribution in [1.82, 2.24) is 4.90 Å². The number of amides is 1. The predicted octanol–water partition coefficient (Wildman–Crippen LogP) is 2.87. The van der Waals surface area contributed by atoms with Crippen LogP contribution in [0.4, 0.5) is 0 Å². The molecule has 1 atom stereocenters. The highest BCUT2D eigenvalue weighted by molar-refractivity contribution is 6.30. The number of carbonyl (C=O) groups excluding carboxylic acids is 1. The fraction of sp³-hybridized carbons (Fsp3) is 0.562. The second kappa shape index (κ2) is 7.14. The zero-order chi connectivity index (χ0) is 15.3. The van der Waals surface area contributed by atoms with E-state index in [-0.39, 0.29) is 5.91 Å². The van der Waals surface area contributed by atoms with Crippen molar-refractivity contribution in [2.45, 2.75) is 38.2 Å². The molecule has 1 heterocycles. The van der Waals surface area contributed by atoms with E-state index in [2.05, 4.69) is 0 Å². The van der Waals surface area contributed by atoms with Gasteiger partial charge in [0.15, 0.2) is 0 Å². The maximum Gasteiger partial charge on any atom is 0.225 e. The average Bonchev–Trinajstić information content (AvgIpc) is 2.60. The number of benzene rings is 1. The molecule has 1 aromatic rings. The van der Waals surface area contributed by atoms with Crippen LogP contribution in [0.2, 0.25) is 5.02 Å². The summed E-state index contributed by atoms with van der Waals surface area (Å²) in [5.74, 6) is 0.754. The van der Waals surface area contributed by atoms with Crippen LogP contribution in [0.3, 0.4) is 0 Å². The molecule has 1 amide bonds. The molecule has 1 fully saturated rings. The molecule has 0 aromatic heterocycles. The lowest BCUT2D eigenvalue weighted by Gasteiger charge is -2.22. The Labute approximate surface area is 130 Å². The van der Waals surface area contributed by atoms with Crippen LogP contribution >= 0.6 is 11.6 Å². The number of likely N-dealkylation sites (tertiary alicyclic amines) is 1. The van der Waals surface area contributed by atoms with E-state index in [4.69, 9.17) is 16.3 Å². The Balaban J connectivity index is 1.77. The second-order valence-electron chi connectivity index (χ2n) is 5.79. The van der Waals surface area contributed by atoms with Crippen LogP contribution in [-0.2, 0) is 4.79 Å². The molecular weight excluding hydrogens is 290 g/mol. The summed E-state index contributed by atoms with van der Waals surface area (Å²) in [5, 5.41) is 10.6. The maximum atomic E-state index is 12.2. The summed E-state index contributed by atoms with van der Waals surface area (Å²) in [6, 6.07) is 7.15. The first-order valence-corrected chi connectivity index (χ1v) is 7.73. The topological polar surface area (TPSA) is 49.8 Å². The first-order valence-electron chi connectivity index (χ1n) is 7.35. The zero-order valence-electron chi connectivity index (χ0n) is 12.3. The minimum absolute atomic E-state index is 0.0785. The first-order chi connectivity index (χ1) is 9.96. The molecule has 1 aromatic carbocycles. The van der Waals surface area contributed by atoms with Gasteiger partial charge < -0.3 is 14.7 Å². The third kappa shape index (κ3) is 5.21. The molecule has 1 aliphatic rings. The quantitative estimate of drug-likeness (QED) is 0.930. The van der Waals surface area contributed by atoms with E-state index in [1.54, 1.807) is 12.1 Å². The van der Waals surface area contributed by atoms with Crippen molar-refractivity contribution in [3.63, 3.8) is 0 Å². The summed E-state index contributed by atoms with van der Waals surface area (Å²) in [7, 11) is 0. The van der Waals surface area contributed by atoms with Gasteiger partial charge in [0.25, 0.3) is 0 Å². The number of carbonyl (C=O) groups is 1. The Morgan fingerprint density at radius 3 is 3.00 bits per heavy atom. The number of halogens is 1. The summed E-state index contributed by atoms with van der Waals surface area (Å²) >= 11 is 5.87. The molecule has 0 bridgehead atoms. The third-order valence-corrected chi connectivity index (χ3v) is 4.03. The molecule has 0 radical (unpaired) electrons. The standard InChI is InChI=1S/C16H22ClNO3/c1-16(20)7-3-9-18(10-8-16)15(19)6-11-21-14-5-2-4-13(17)12-14/h2,4-5,12,20H,3,6-11H2,1H3. The van der Waals surface area contributed by atoms with E-state index in [1.165, 1.54) is 0 Å². The number of ether oxygens (including phenoxy) is 1. The first kappa shape index (κ1) is 16.1. The summed E-state index contributed by atoms with van der Waals surface area (Å²) in [4.78, 5) is 14.0. The van der Waals surface area contributed by atoms with Gasteiger partial charge in [0, 0.05) is 18.1 Å². The van der Waals surface area contributed by atoms with Crippen molar-refractivity contribution in [1.29, 1.82) is 0 Å². The predicted molar refractivity (Wildman–Crippen MR) is 82.6 cm³/mol. The Bertz CT molecular complexity index is 490. The zero-order valence-corrected chi connectivity index (χ0v) is 13.1. The molecule has 0 saturated carbocycles. The van der Waals surface area contributed by atoms with E-state index < -0.39 is 5.60 Å². The van der Waals surface area contributed by atoms with E-state index >= 15 is 0 Å². The molecular formula is C16H22ClNO3. The fourth-order valence-corrected chi connectivity index (χ4v) is 2.66. The van der Waals surface area contributed by atoms with E-state index in [0.29, 0.717) is 43.3 Å². The normalized spacial score (nSPS) is 22.7. The van der Waals surface area contributed by atoms with Crippen LogP contribution < -0.4 is 4.74 Å². The molecule has 0 aliphatic carbocycles. The highest BCUT2D eigenvalue weighted by Gasteiger charge is 2.26. The van der Waals surface area contributed by atoms with Gasteiger partial charge in [-0.3, -0.25) is 4.79 Å². The van der Waals surface area contributed by atoms with Gasteiger partial charge in [-0.1, -0.05) is 17.7 Å². The van der Waals surface area contributed by atoms with Crippen molar-refractivity contribution >= 4 is 17.5 Å². The van der Waals surface area contributed by atoms with Crippen LogP contribution in [-0.4, -0.2) is 41.2 Å². The van der Waals surface area contributed by atoms with Gasteiger partial charge in [0.2, 0.25) is 5.91 Å². The molecule has 1 aliphatic heterocycles. The summed E-state index contributed by atoms with van der Waals surface area (Å²) in [6.45, 7) is 3.50. The van der Waals surface area contributed by atoms with Gasteiger partial charge in [-0.2, -0.15) is 0 Å². The Morgan fingerprint density at radius 1 is 1.43 bits per heavy atom. The largest absolute Gasteiger partial charge is 0.493 e. The number of hydrogen-bond acceptors (Lipinski definition) is 3. The Kier molecular flexibility index (Phi) is 5.48. The Morgan fingerprint density at radius 2 is 2.24 bits per heavy atom. The van der Waals surface area contributed by atoms with Gasteiger partial charge in [-0.05, 0) is 44.4 Å². The smallest absolute Gasteiger partial charge is 0.225 e. The van der Waals surface area contributed by atoms with E-state index in [1.807, 2.05) is 24.0 Å². The van der Waals surface area contributed by atoms with Gasteiger partial charge in [-0.15, -0.1) is 0 Å². The van der Waals surface area contributed by atoms with Crippen LogP contribution in [0.15, 0.2) is 24.3 Å². The lowest BCUT2D eigenvalue weighted by molar-refractivity contribution is -0.131. The van der Waals surface area contributed by atoms with Gasteiger partial charge >= 0.3 is 0 Å². The van der Waals surface area contributed by atoms with Crippen molar-refractivity contribution in [2.24, 2.45) is 0 Å². The average molecular weight is 312 g/mol. The van der Waals surface area contributed by atoms with Gasteiger partial charge in [-0.25, -0.2) is 0 Å². The summed E-state index contributed by atoms with van der Waals surface area (Å²) < 4.78 is 5.54. The monoisotopic (exact) mass is 311 g/mol. The maximum absolute atomic E-state index is 12.2. The molecule has 116 valence electrons. The number of rotatable bonds is 4. The van der Waals surface area contributed by atoms with Crippen molar-refractivity contribution in [2.75, 3.05) is 19.7 Å². The molecule has 2 rings (SSSR count). The van der Waals surface area contributed by atoms with Crippen molar-refractivity contribution in [3.05, 3.63) is 29.3 Å². The minimum atomic E-state index is -0.647. The second-order valence-corrected chi connectivity index (χ2v) is 6.22. The Hall–Kier alpha value is -1.26. The molecule has 1 unspecified atom stereocenters. The SMILES string of the molecule is CC1(O)CCCN(C(=O)CCOc2cccc(Cl)c2)CC1. The van der Waals surface area contributed by atoms with Crippen LogP contribution in [0.5, 0.6) is 5.75 Å². The molecule has 21 heavy (non-hydrogen) atoms. The van der Waals surface area contributed by atoms with Gasteiger partial charge in [0.1, 0.15) is 5.75 Å². The van der Waals surface area contributed by atoms with Crippen LogP contribution in [0.25, 0.3) is 0 Å². The van der Waals surface area contributed by atoms with Gasteiger partial charge in [0.05, 0.1) is 18.6 Å². The molecule has 0 spiro atoms. The summed E-state index contributed by atoms with van der Waals surface area (Å²) in [6.07, 6.45) is 2.56. The molecule has 1 saturated heterocycles. The van der Waals surface area contributed by atoms with E-state index in [9.17, 15) is 9.90 Å². The molecule has 1 N–H and O–H groups in total. The van der Waals surface area contributed by atoms with E-state index in [0.717, 1.165) is 12.8 Å². The lowest BCUT2D eigenvalue weighted by atomic mass is 9.98. The van der Waals surface area contributed by atoms with Crippen LogP contribution in [0, 0.1) is 0 Å². The van der Waals surface area contributed by atoms with Crippen molar-refractivity contribution in [3.8, 4) is 5.75 Å². The lowest BCUT2D eigenvalue weighted by Crippen LogP contribution is -2.34. The van der Waals surface area contributed by atoms with Crippen molar-refractivity contribution < 1.29 is 14.6 Å². The number of hydrogen-bond donors (Lipinski definition) is 1. The van der Waals surface area contributed by atoms with Crippen LogP contribution in [0.1, 0.15) is 32.6 Å². The third-order valence-electron chi connectivity index (χ3n) is 3.80. The fourth-order valence-electron chi connectivity index (χ4n) is 2.48. The molecule has 4 nitrogen and oxygen atoms in total.